The highest BCUT2D eigenvalue weighted by Crippen LogP contribution is 2.34. The van der Waals surface area contributed by atoms with Crippen LogP contribution in [0.1, 0.15) is 19.4 Å². The first-order valence-corrected chi connectivity index (χ1v) is 7.34. The van der Waals surface area contributed by atoms with Crippen molar-refractivity contribution in [2.24, 2.45) is 10.4 Å². The molecule has 0 amide bonds. The smallest absolute Gasteiger partial charge is 0.335 e. The summed E-state index contributed by atoms with van der Waals surface area (Å²) in [5.41, 5.74) is -0.355. The van der Waals surface area contributed by atoms with Crippen LogP contribution in [0.5, 0.6) is 0 Å². The summed E-state index contributed by atoms with van der Waals surface area (Å²) in [5.74, 6) is 0.867. The Morgan fingerprint density at radius 2 is 2.00 bits per heavy atom. The Hall–Kier alpha value is -0.880. The third-order valence-electron chi connectivity index (χ3n) is 2.73. The number of nitrogens with zero attached hydrogens (tertiary/aromatic N) is 1. The molecule has 2 rings (SSSR count). The lowest BCUT2D eigenvalue weighted by Gasteiger charge is -2.27. The van der Waals surface area contributed by atoms with Crippen LogP contribution >= 0.6 is 23.4 Å². The minimum Gasteiger partial charge on any atom is -0.335 e. The maximum absolute atomic E-state index is 12.7. The number of hydrogen-bond donors (Lipinski definition) is 1. The van der Waals surface area contributed by atoms with Gasteiger partial charge in [0.05, 0.1) is 5.56 Å². The fraction of sp³-hybridized carbons (Fsp3) is 0.462. The van der Waals surface area contributed by atoms with E-state index in [1.54, 1.807) is 0 Å². The molecule has 0 unspecified atom stereocenters. The molecular formula is C13H14ClF3N2S. The molecule has 0 radical (unpaired) electrons. The van der Waals surface area contributed by atoms with Crippen molar-refractivity contribution < 1.29 is 13.2 Å². The number of hydrogen-bond acceptors (Lipinski definition) is 3. The van der Waals surface area contributed by atoms with Gasteiger partial charge >= 0.3 is 6.18 Å². The van der Waals surface area contributed by atoms with Crippen molar-refractivity contribution in [1.82, 2.24) is 0 Å². The van der Waals surface area contributed by atoms with Crippen LogP contribution in [0.3, 0.4) is 0 Å². The number of aliphatic imine (C=N–C) groups is 1. The largest absolute Gasteiger partial charge is 0.416 e. The van der Waals surface area contributed by atoms with Crippen molar-refractivity contribution in [3.05, 3.63) is 28.8 Å². The third kappa shape index (κ3) is 4.06. The lowest BCUT2D eigenvalue weighted by Crippen LogP contribution is -2.27. The number of alkyl halides is 3. The Bertz CT molecular complexity index is 541. The molecule has 110 valence electrons. The van der Waals surface area contributed by atoms with Crippen LogP contribution in [0, 0.1) is 5.41 Å². The molecule has 1 aromatic carbocycles. The predicted octanol–water partition coefficient (Wildman–Crippen LogP) is 4.90. The van der Waals surface area contributed by atoms with Crippen LogP contribution < -0.4 is 5.32 Å². The van der Waals surface area contributed by atoms with Gasteiger partial charge in [0.15, 0.2) is 5.17 Å². The van der Waals surface area contributed by atoms with E-state index >= 15 is 0 Å². The first-order valence-electron chi connectivity index (χ1n) is 5.98. The van der Waals surface area contributed by atoms with Gasteiger partial charge in [0.25, 0.3) is 0 Å². The van der Waals surface area contributed by atoms with Crippen LogP contribution in [-0.2, 0) is 6.18 Å². The number of amidine groups is 1. The van der Waals surface area contributed by atoms with E-state index in [2.05, 4.69) is 24.2 Å². The van der Waals surface area contributed by atoms with Gasteiger partial charge in [-0.05, 0) is 23.6 Å². The summed E-state index contributed by atoms with van der Waals surface area (Å²) in [4.78, 5) is 4.34. The summed E-state index contributed by atoms with van der Waals surface area (Å²) in [7, 11) is 0. The predicted molar refractivity (Wildman–Crippen MR) is 78.6 cm³/mol. The van der Waals surface area contributed by atoms with Gasteiger partial charge < -0.3 is 5.32 Å². The average Bonchev–Trinajstić information content (AvgIpc) is 2.30. The molecule has 20 heavy (non-hydrogen) atoms. The van der Waals surface area contributed by atoms with Gasteiger partial charge in [0.2, 0.25) is 0 Å². The van der Waals surface area contributed by atoms with Gasteiger partial charge in [-0.1, -0.05) is 37.2 Å². The molecule has 1 aliphatic heterocycles. The molecule has 0 aliphatic carbocycles. The number of thioether (sulfide) groups is 1. The molecule has 1 N–H and O–H groups in total. The quantitative estimate of drug-likeness (QED) is 0.795. The second kappa shape index (κ2) is 5.48. The molecule has 0 atom stereocenters. The van der Waals surface area contributed by atoms with Gasteiger partial charge in [0, 0.05) is 23.0 Å². The molecule has 0 saturated heterocycles. The van der Waals surface area contributed by atoms with Crippen LogP contribution in [-0.4, -0.2) is 17.5 Å². The Labute approximate surface area is 124 Å². The summed E-state index contributed by atoms with van der Waals surface area (Å²) in [6.07, 6.45) is -4.41. The van der Waals surface area contributed by atoms with E-state index in [1.807, 2.05) is 0 Å². The zero-order valence-corrected chi connectivity index (χ0v) is 12.6. The number of halogens is 4. The van der Waals surface area contributed by atoms with Gasteiger partial charge in [-0.3, -0.25) is 4.99 Å². The van der Waals surface area contributed by atoms with E-state index in [0.717, 1.165) is 17.9 Å². The molecular weight excluding hydrogens is 309 g/mol. The average molecular weight is 323 g/mol. The molecule has 0 saturated carbocycles. The maximum Gasteiger partial charge on any atom is 0.416 e. The third-order valence-corrected chi connectivity index (χ3v) is 4.38. The zero-order chi connectivity index (χ0) is 15.0. The highest BCUT2D eigenvalue weighted by molar-refractivity contribution is 8.14. The number of rotatable bonds is 1. The lowest BCUT2D eigenvalue weighted by atomic mass is 9.97. The van der Waals surface area contributed by atoms with Crippen molar-refractivity contribution in [2.45, 2.75) is 20.0 Å². The van der Waals surface area contributed by atoms with E-state index in [0.29, 0.717) is 17.4 Å². The Morgan fingerprint density at radius 1 is 1.30 bits per heavy atom. The van der Waals surface area contributed by atoms with Crippen LogP contribution in [0.25, 0.3) is 0 Å². The normalized spacial score (nSPS) is 18.6. The van der Waals surface area contributed by atoms with E-state index in [4.69, 9.17) is 11.6 Å². The number of benzene rings is 1. The molecule has 0 fully saturated rings. The van der Waals surface area contributed by atoms with Crippen LogP contribution in [0.15, 0.2) is 23.2 Å². The summed E-state index contributed by atoms with van der Waals surface area (Å²) in [6.45, 7) is 4.85. The fourth-order valence-corrected chi connectivity index (χ4v) is 2.87. The summed E-state index contributed by atoms with van der Waals surface area (Å²) < 4.78 is 38.1. The topological polar surface area (TPSA) is 24.4 Å². The lowest BCUT2D eigenvalue weighted by molar-refractivity contribution is -0.137. The molecule has 7 heteroatoms. The van der Waals surface area contributed by atoms with Gasteiger partial charge in [0.1, 0.15) is 0 Å². The first-order chi connectivity index (χ1) is 9.16. The molecule has 1 heterocycles. The Kier molecular flexibility index (Phi) is 4.25. The van der Waals surface area contributed by atoms with E-state index in [1.165, 1.54) is 17.8 Å². The molecule has 1 aliphatic rings. The summed E-state index contributed by atoms with van der Waals surface area (Å²) >= 11 is 7.23. The zero-order valence-electron chi connectivity index (χ0n) is 11.0. The van der Waals surface area contributed by atoms with Crippen molar-refractivity contribution in [3.8, 4) is 0 Å². The van der Waals surface area contributed by atoms with Gasteiger partial charge in [-0.15, -0.1) is 0 Å². The number of nitrogens with one attached hydrogen (secondary N) is 1. The van der Waals surface area contributed by atoms with Gasteiger partial charge in [-0.25, -0.2) is 0 Å². The minimum absolute atomic E-state index is 0.0454. The molecule has 0 spiro atoms. The van der Waals surface area contributed by atoms with Crippen LogP contribution in [0.4, 0.5) is 18.9 Å². The molecule has 0 bridgehead atoms. The molecule has 0 aromatic heterocycles. The number of anilines is 1. The van der Waals surface area contributed by atoms with E-state index < -0.39 is 11.7 Å². The second-order valence-corrected chi connectivity index (χ2v) is 6.83. The molecule has 2 nitrogen and oxygen atoms in total. The summed E-state index contributed by atoms with van der Waals surface area (Å²) in [5, 5.41) is 3.57. The van der Waals surface area contributed by atoms with Crippen molar-refractivity contribution in [2.75, 3.05) is 17.6 Å². The monoisotopic (exact) mass is 322 g/mol. The van der Waals surface area contributed by atoms with Gasteiger partial charge in [-0.2, -0.15) is 13.2 Å². The second-order valence-electron chi connectivity index (χ2n) is 5.43. The van der Waals surface area contributed by atoms with E-state index in [-0.39, 0.29) is 10.4 Å². The Balaban J connectivity index is 2.18. The van der Waals surface area contributed by atoms with Crippen molar-refractivity contribution >= 4 is 34.2 Å². The first kappa shape index (κ1) is 15.5. The highest BCUT2D eigenvalue weighted by atomic mass is 35.5. The van der Waals surface area contributed by atoms with Crippen LogP contribution in [0.2, 0.25) is 5.02 Å². The minimum atomic E-state index is -4.41. The summed E-state index contributed by atoms with van der Waals surface area (Å²) in [6, 6.07) is 3.40. The molecule has 1 aromatic rings. The van der Waals surface area contributed by atoms with Crippen molar-refractivity contribution in [3.63, 3.8) is 0 Å². The SMILES string of the molecule is CC1(C)CN=C(Nc2cc(Cl)cc(C(F)(F)F)c2)SC1. The fourth-order valence-electron chi connectivity index (χ4n) is 1.67. The standard InChI is InChI=1S/C13H14ClF3N2S/c1-12(2)6-18-11(20-7-12)19-10-4-8(13(15,16)17)3-9(14)5-10/h3-5H,6-7H2,1-2H3,(H,18,19). The maximum atomic E-state index is 12.7. The Morgan fingerprint density at radius 3 is 2.55 bits per heavy atom. The van der Waals surface area contributed by atoms with E-state index in [9.17, 15) is 13.2 Å². The van der Waals surface area contributed by atoms with Crippen molar-refractivity contribution in [1.29, 1.82) is 0 Å². The highest BCUT2D eigenvalue weighted by Gasteiger charge is 2.31.